The molecule has 0 aliphatic carbocycles. The third-order valence-corrected chi connectivity index (χ3v) is 3.69. The lowest BCUT2D eigenvalue weighted by molar-refractivity contribution is 0.0655. The van der Waals surface area contributed by atoms with Crippen molar-refractivity contribution in [1.82, 2.24) is 10.2 Å². The van der Waals surface area contributed by atoms with Crippen LogP contribution in [0.25, 0.3) is 0 Å². The van der Waals surface area contributed by atoms with E-state index in [2.05, 4.69) is 28.2 Å². The largest absolute Gasteiger partial charge is 0.333 e. The number of halogens is 1. The highest BCUT2D eigenvalue weighted by molar-refractivity contribution is 9.10. The molecule has 4 heteroatoms. The van der Waals surface area contributed by atoms with Crippen LogP contribution in [-0.2, 0) is 0 Å². The minimum Gasteiger partial charge on any atom is -0.333 e. The first-order chi connectivity index (χ1) is 8.09. The molecule has 1 aromatic carbocycles. The molecule has 17 heavy (non-hydrogen) atoms. The molecule has 1 saturated heterocycles. The molecular formula is C13H17BrN2O. The lowest BCUT2D eigenvalue weighted by Crippen LogP contribution is -2.52. The molecule has 3 nitrogen and oxygen atoms in total. The van der Waals surface area contributed by atoms with Crippen LogP contribution in [0.2, 0.25) is 0 Å². The zero-order valence-electron chi connectivity index (χ0n) is 10.2. The fourth-order valence-corrected chi connectivity index (χ4v) is 2.48. The van der Waals surface area contributed by atoms with E-state index in [4.69, 9.17) is 0 Å². The van der Waals surface area contributed by atoms with E-state index in [-0.39, 0.29) is 11.9 Å². The van der Waals surface area contributed by atoms with Gasteiger partial charge in [0.25, 0.3) is 5.91 Å². The van der Waals surface area contributed by atoms with Gasteiger partial charge in [0.2, 0.25) is 0 Å². The normalized spacial score (nSPS) is 20.4. The summed E-state index contributed by atoms with van der Waals surface area (Å²) in [5.41, 5.74) is 1.83. The first-order valence-corrected chi connectivity index (χ1v) is 6.66. The second-order valence-corrected chi connectivity index (χ2v) is 5.43. The minimum absolute atomic E-state index is 0.137. The number of aryl methyl sites for hydroxylation is 1. The average Bonchev–Trinajstić information content (AvgIpc) is 2.32. The summed E-state index contributed by atoms with van der Waals surface area (Å²) in [4.78, 5) is 14.4. The van der Waals surface area contributed by atoms with Crippen molar-refractivity contribution in [3.63, 3.8) is 0 Å². The molecule has 2 rings (SSSR count). The molecule has 0 radical (unpaired) electrons. The zero-order valence-corrected chi connectivity index (χ0v) is 11.8. The van der Waals surface area contributed by atoms with E-state index in [9.17, 15) is 4.79 Å². The predicted octanol–water partition coefficient (Wildman–Crippen LogP) is 2.19. The number of rotatable bonds is 1. The minimum atomic E-state index is 0.137. The van der Waals surface area contributed by atoms with Gasteiger partial charge in [-0.2, -0.15) is 0 Å². The van der Waals surface area contributed by atoms with Crippen molar-refractivity contribution in [2.24, 2.45) is 0 Å². The summed E-state index contributed by atoms with van der Waals surface area (Å²) in [6.07, 6.45) is 0. The monoisotopic (exact) mass is 296 g/mol. The Bertz CT molecular complexity index is 433. The van der Waals surface area contributed by atoms with Gasteiger partial charge in [0.15, 0.2) is 0 Å². The molecule has 1 aromatic rings. The standard InChI is InChI=1S/C13H17BrN2O/c1-9-3-4-11(14)7-12(9)13(17)16-6-5-15-8-10(16)2/h3-4,7,10,15H,5-6,8H2,1-2H3/t10-/m1/s1. The molecule has 0 aromatic heterocycles. The third-order valence-electron chi connectivity index (χ3n) is 3.19. The number of hydrogen-bond acceptors (Lipinski definition) is 2. The number of piperazine rings is 1. The molecule has 0 bridgehead atoms. The first kappa shape index (κ1) is 12.6. The lowest BCUT2D eigenvalue weighted by Gasteiger charge is -2.34. The smallest absolute Gasteiger partial charge is 0.254 e. The van der Waals surface area contributed by atoms with Crippen LogP contribution in [-0.4, -0.2) is 36.5 Å². The van der Waals surface area contributed by atoms with Crippen LogP contribution in [0.15, 0.2) is 22.7 Å². The second-order valence-electron chi connectivity index (χ2n) is 4.51. The maximum Gasteiger partial charge on any atom is 0.254 e. The number of nitrogens with zero attached hydrogens (tertiary/aromatic N) is 1. The van der Waals surface area contributed by atoms with Crippen LogP contribution in [0, 0.1) is 6.92 Å². The van der Waals surface area contributed by atoms with Gasteiger partial charge in [-0.05, 0) is 31.5 Å². The molecule has 0 saturated carbocycles. The van der Waals surface area contributed by atoms with Crippen molar-refractivity contribution in [1.29, 1.82) is 0 Å². The molecule has 0 spiro atoms. The summed E-state index contributed by atoms with van der Waals surface area (Å²) in [5.74, 6) is 0.137. The van der Waals surface area contributed by atoms with Gasteiger partial charge in [0.1, 0.15) is 0 Å². The maximum atomic E-state index is 12.5. The Labute approximate surface area is 110 Å². The average molecular weight is 297 g/mol. The Kier molecular flexibility index (Phi) is 3.84. The van der Waals surface area contributed by atoms with Crippen LogP contribution < -0.4 is 5.32 Å². The number of hydrogen-bond donors (Lipinski definition) is 1. The van der Waals surface area contributed by atoms with Gasteiger partial charge in [-0.3, -0.25) is 4.79 Å². The summed E-state index contributed by atoms with van der Waals surface area (Å²) in [6.45, 7) is 6.60. The fourth-order valence-electron chi connectivity index (χ4n) is 2.12. The molecule has 1 heterocycles. The Morgan fingerprint density at radius 1 is 1.53 bits per heavy atom. The summed E-state index contributed by atoms with van der Waals surface area (Å²) in [5, 5.41) is 3.29. The molecule has 1 atom stereocenters. The number of amides is 1. The first-order valence-electron chi connectivity index (χ1n) is 5.87. The quantitative estimate of drug-likeness (QED) is 0.862. The van der Waals surface area contributed by atoms with Gasteiger partial charge in [0, 0.05) is 35.7 Å². The van der Waals surface area contributed by atoms with Gasteiger partial charge >= 0.3 is 0 Å². The highest BCUT2D eigenvalue weighted by Gasteiger charge is 2.24. The number of carbonyl (C=O) groups is 1. The van der Waals surface area contributed by atoms with Crippen molar-refractivity contribution in [3.8, 4) is 0 Å². The molecule has 1 fully saturated rings. The van der Waals surface area contributed by atoms with Crippen LogP contribution in [0.4, 0.5) is 0 Å². The predicted molar refractivity (Wildman–Crippen MR) is 72.2 cm³/mol. The summed E-state index contributed by atoms with van der Waals surface area (Å²) in [6, 6.07) is 6.11. The summed E-state index contributed by atoms with van der Waals surface area (Å²) in [7, 11) is 0. The van der Waals surface area contributed by atoms with Crippen molar-refractivity contribution in [3.05, 3.63) is 33.8 Å². The van der Waals surface area contributed by atoms with Gasteiger partial charge < -0.3 is 10.2 Å². The Balaban J connectivity index is 2.26. The highest BCUT2D eigenvalue weighted by atomic mass is 79.9. The van der Waals surface area contributed by atoms with Gasteiger partial charge in [-0.15, -0.1) is 0 Å². The number of carbonyl (C=O) groups excluding carboxylic acids is 1. The Morgan fingerprint density at radius 3 is 3.00 bits per heavy atom. The van der Waals surface area contributed by atoms with E-state index in [1.807, 2.05) is 30.0 Å². The summed E-state index contributed by atoms with van der Waals surface area (Å²) >= 11 is 3.42. The molecule has 1 aliphatic rings. The van der Waals surface area contributed by atoms with Crippen LogP contribution in [0.5, 0.6) is 0 Å². The Morgan fingerprint density at radius 2 is 2.29 bits per heavy atom. The van der Waals surface area contributed by atoms with Crippen LogP contribution in [0.1, 0.15) is 22.8 Å². The van der Waals surface area contributed by atoms with Crippen molar-refractivity contribution in [2.75, 3.05) is 19.6 Å². The van der Waals surface area contributed by atoms with E-state index in [0.717, 1.165) is 35.2 Å². The molecule has 1 N–H and O–H groups in total. The maximum absolute atomic E-state index is 12.5. The molecule has 0 unspecified atom stereocenters. The number of benzene rings is 1. The third kappa shape index (κ3) is 2.69. The van der Waals surface area contributed by atoms with Gasteiger partial charge in [-0.25, -0.2) is 0 Å². The SMILES string of the molecule is Cc1ccc(Br)cc1C(=O)N1CCNC[C@H]1C. The molecular weight excluding hydrogens is 280 g/mol. The van der Waals surface area contributed by atoms with Crippen LogP contribution in [0.3, 0.4) is 0 Å². The van der Waals surface area contributed by atoms with E-state index in [1.165, 1.54) is 0 Å². The topological polar surface area (TPSA) is 32.3 Å². The van der Waals surface area contributed by atoms with E-state index < -0.39 is 0 Å². The highest BCUT2D eigenvalue weighted by Crippen LogP contribution is 2.19. The van der Waals surface area contributed by atoms with Crippen molar-refractivity contribution in [2.45, 2.75) is 19.9 Å². The zero-order chi connectivity index (χ0) is 12.4. The van der Waals surface area contributed by atoms with E-state index in [1.54, 1.807) is 0 Å². The van der Waals surface area contributed by atoms with E-state index >= 15 is 0 Å². The molecule has 92 valence electrons. The van der Waals surface area contributed by atoms with Crippen LogP contribution >= 0.6 is 15.9 Å². The fraction of sp³-hybridized carbons (Fsp3) is 0.462. The number of nitrogens with one attached hydrogen (secondary N) is 1. The van der Waals surface area contributed by atoms with Crippen molar-refractivity contribution >= 4 is 21.8 Å². The lowest BCUT2D eigenvalue weighted by atomic mass is 10.1. The molecule has 1 amide bonds. The second kappa shape index (κ2) is 5.19. The van der Waals surface area contributed by atoms with E-state index in [0.29, 0.717) is 0 Å². The summed E-state index contributed by atoms with van der Waals surface area (Å²) < 4.78 is 0.953. The Hall–Kier alpha value is -0.870. The van der Waals surface area contributed by atoms with Gasteiger partial charge in [-0.1, -0.05) is 22.0 Å². The van der Waals surface area contributed by atoms with Gasteiger partial charge in [0.05, 0.1) is 0 Å². The van der Waals surface area contributed by atoms with Crippen molar-refractivity contribution < 1.29 is 4.79 Å². The molecule has 1 aliphatic heterocycles.